The number of fused-ring (bicyclic) bond motifs is 1. The molecule has 2 rings (SSSR count). The third-order valence-electron chi connectivity index (χ3n) is 2.75. The highest BCUT2D eigenvalue weighted by molar-refractivity contribution is 5.92. The number of hydrogen-bond donors (Lipinski definition) is 0. The lowest BCUT2D eigenvalue weighted by atomic mass is 10.2. The van der Waals surface area contributed by atoms with Gasteiger partial charge >= 0.3 is 5.97 Å². The number of methoxy groups -OCH3 is 1. The zero-order valence-corrected chi connectivity index (χ0v) is 13.1. The summed E-state index contributed by atoms with van der Waals surface area (Å²) in [5.74, 6) is 0.452. The van der Waals surface area contributed by atoms with E-state index in [1.807, 2.05) is 25.2 Å². The van der Waals surface area contributed by atoms with Gasteiger partial charge in [-0.15, -0.1) is 5.10 Å². The van der Waals surface area contributed by atoms with E-state index in [2.05, 4.69) is 15.1 Å². The van der Waals surface area contributed by atoms with Crippen LogP contribution in [0.1, 0.15) is 28.8 Å². The first kappa shape index (κ1) is 15.9. The van der Waals surface area contributed by atoms with E-state index in [-0.39, 0.29) is 6.61 Å². The minimum atomic E-state index is -0.445. The third kappa shape index (κ3) is 3.40. The fraction of sp³-hybridized carbons (Fsp3) is 0.429. The van der Waals surface area contributed by atoms with Gasteiger partial charge in [0.1, 0.15) is 12.2 Å². The monoisotopic (exact) mass is 305 g/mol. The van der Waals surface area contributed by atoms with Crippen molar-refractivity contribution < 1.29 is 14.3 Å². The van der Waals surface area contributed by atoms with Crippen LogP contribution in [0.5, 0.6) is 0 Å². The van der Waals surface area contributed by atoms with Gasteiger partial charge in [-0.3, -0.25) is 0 Å². The number of aromatic nitrogens is 4. The van der Waals surface area contributed by atoms with Gasteiger partial charge in [0, 0.05) is 33.6 Å². The molecular weight excluding hydrogens is 286 g/mol. The SMILES string of the molecule is CCOC(=O)c1cnc2nc(COC)nn2c1/C=C/N(C)C. The molecule has 0 saturated heterocycles. The number of carbonyl (C=O) groups excluding carboxylic acids is 1. The summed E-state index contributed by atoms with van der Waals surface area (Å²) in [5, 5.41) is 4.32. The van der Waals surface area contributed by atoms with Crippen LogP contribution in [0.2, 0.25) is 0 Å². The van der Waals surface area contributed by atoms with E-state index in [0.29, 0.717) is 29.5 Å². The van der Waals surface area contributed by atoms with E-state index >= 15 is 0 Å². The molecule has 0 fully saturated rings. The Morgan fingerprint density at radius 2 is 2.23 bits per heavy atom. The summed E-state index contributed by atoms with van der Waals surface area (Å²) in [6.45, 7) is 2.32. The van der Waals surface area contributed by atoms with Crippen LogP contribution in [0, 0.1) is 0 Å². The summed E-state index contributed by atoms with van der Waals surface area (Å²) >= 11 is 0. The molecule has 0 aliphatic carbocycles. The molecule has 0 aliphatic rings. The van der Waals surface area contributed by atoms with Crippen molar-refractivity contribution in [2.75, 3.05) is 27.8 Å². The highest BCUT2D eigenvalue weighted by Gasteiger charge is 2.17. The molecule has 0 bridgehead atoms. The number of nitrogens with zero attached hydrogens (tertiary/aromatic N) is 5. The van der Waals surface area contributed by atoms with Crippen LogP contribution in [0.15, 0.2) is 12.4 Å². The summed E-state index contributed by atoms with van der Waals surface area (Å²) in [7, 11) is 5.34. The summed E-state index contributed by atoms with van der Waals surface area (Å²) in [6.07, 6.45) is 5.04. The number of rotatable bonds is 6. The normalized spacial score (nSPS) is 11.3. The molecule has 8 nitrogen and oxygen atoms in total. The molecule has 8 heteroatoms. The second-order valence-corrected chi connectivity index (χ2v) is 4.73. The molecule has 2 aromatic heterocycles. The van der Waals surface area contributed by atoms with Gasteiger partial charge in [0.2, 0.25) is 0 Å². The minimum absolute atomic E-state index is 0.273. The quantitative estimate of drug-likeness (QED) is 0.736. The molecule has 22 heavy (non-hydrogen) atoms. The smallest absolute Gasteiger partial charge is 0.341 e. The van der Waals surface area contributed by atoms with Gasteiger partial charge in [-0.1, -0.05) is 0 Å². The number of carbonyl (C=O) groups is 1. The molecule has 0 atom stereocenters. The lowest BCUT2D eigenvalue weighted by Crippen LogP contribution is -2.12. The van der Waals surface area contributed by atoms with Gasteiger partial charge in [-0.2, -0.15) is 9.50 Å². The Labute approximate surface area is 128 Å². The van der Waals surface area contributed by atoms with Crippen LogP contribution in [0.3, 0.4) is 0 Å². The topological polar surface area (TPSA) is 81.8 Å². The van der Waals surface area contributed by atoms with E-state index < -0.39 is 5.97 Å². The fourth-order valence-corrected chi connectivity index (χ4v) is 1.83. The largest absolute Gasteiger partial charge is 0.462 e. The average molecular weight is 305 g/mol. The van der Waals surface area contributed by atoms with Crippen molar-refractivity contribution in [3.05, 3.63) is 29.5 Å². The van der Waals surface area contributed by atoms with Crippen molar-refractivity contribution in [1.29, 1.82) is 0 Å². The van der Waals surface area contributed by atoms with Crippen molar-refractivity contribution in [1.82, 2.24) is 24.5 Å². The fourth-order valence-electron chi connectivity index (χ4n) is 1.83. The second kappa shape index (κ2) is 6.99. The molecule has 118 valence electrons. The van der Waals surface area contributed by atoms with Crippen LogP contribution in [-0.2, 0) is 16.1 Å². The van der Waals surface area contributed by atoms with Gasteiger partial charge in [0.05, 0.1) is 12.3 Å². The maximum Gasteiger partial charge on any atom is 0.341 e. The molecule has 0 aliphatic heterocycles. The third-order valence-corrected chi connectivity index (χ3v) is 2.75. The summed E-state index contributed by atoms with van der Waals surface area (Å²) in [5.41, 5.74) is 0.897. The van der Waals surface area contributed by atoms with Crippen molar-refractivity contribution >= 4 is 17.8 Å². The van der Waals surface area contributed by atoms with Crippen molar-refractivity contribution in [2.45, 2.75) is 13.5 Å². The molecule has 0 radical (unpaired) electrons. The first-order valence-corrected chi connectivity index (χ1v) is 6.82. The van der Waals surface area contributed by atoms with Gasteiger partial charge in [-0.25, -0.2) is 9.78 Å². The molecule has 0 amide bonds. The molecule has 0 spiro atoms. The van der Waals surface area contributed by atoms with Gasteiger partial charge in [-0.05, 0) is 13.0 Å². The Morgan fingerprint density at radius 1 is 1.45 bits per heavy atom. The van der Waals surface area contributed by atoms with E-state index in [9.17, 15) is 4.79 Å². The van der Waals surface area contributed by atoms with Gasteiger partial charge in [0.15, 0.2) is 5.82 Å². The Kier molecular flexibility index (Phi) is 5.05. The average Bonchev–Trinajstić information content (AvgIpc) is 2.87. The number of ether oxygens (including phenoxy) is 2. The Hall–Kier alpha value is -2.48. The highest BCUT2D eigenvalue weighted by Crippen LogP contribution is 2.14. The summed E-state index contributed by atoms with van der Waals surface area (Å²) in [4.78, 5) is 22.4. The van der Waals surface area contributed by atoms with Gasteiger partial charge in [0.25, 0.3) is 5.78 Å². The second-order valence-electron chi connectivity index (χ2n) is 4.73. The minimum Gasteiger partial charge on any atom is -0.462 e. The molecule has 2 aromatic rings. The van der Waals surface area contributed by atoms with Crippen LogP contribution in [-0.4, -0.2) is 58.3 Å². The molecule has 0 saturated carbocycles. The molecule has 0 unspecified atom stereocenters. The molecule has 0 N–H and O–H groups in total. The Balaban J connectivity index is 2.58. The van der Waals surface area contributed by atoms with E-state index in [1.54, 1.807) is 20.1 Å². The van der Waals surface area contributed by atoms with Crippen molar-refractivity contribution in [2.24, 2.45) is 0 Å². The zero-order chi connectivity index (χ0) is 16.1. The van der Waals surface area contributed by atoms with Crippen LogP contribution in [0.4, 0.5) is 0 Å². The van der Waals surface area contributed by atoms with Crippen LogP contribution >= 0.6 is 0 Å². The van der Waals surface area contributed by atoms with Crippen molar-refractivity contribution in [3.8, 4) is 0 Å². The van der Waals surface area contributed by atoms with E-state index in [0.717, 1.165) is 0 Å². The number of hydrogen-bond acceptors (Lipinski definition) is 7. The van der Waals surface area contributed by atoms with E-state index in [1.165, 1.54) is 10.7 Å². The molecule has 0 aromatic carbocycles. The van der Waals surface area contributed by atoms with E-state index in [4.69, 9.17) is 9.47 Å². The first-order chi connectivity index (χ1) is 10.6. The maximum absolute atomic E-state index is 12.1. The Bertz CT molecular complexity index is 693. The lowest BCUT2D eigenvalue weighted by Gasteiger charge is -2.08. The van der Waals surface area contributed by atoms with Crippen LogP contribution < -0.4 is 0 Å². The molecule has 2 heterocycles. The summed E-state index contributed by atoms with van der Waals surface area (Å²) < 4.78 is 11.6. The predicted molar refractivity (Wildman–Crippen MR) is 80.2 cm³/mol. The standard InChI is InChI=1S/C14H19N5O3/c1-5-22-13(20)10-8-15-14-16-12(9-21-4)17-19(14)11(10)6-7-18(2)3/h6-8H,5,9H2,1-4H3/b7-6+. The Morgan fingerprint density at radius 3 is 2.86 bits per heavy atom. The maximum atomic E-state index is 12.1. The van der Waals surface area contributed by atoms with Gasteiger partial charge < -0.3 is 14.4 Å². The zero-order valence-electron chi connectivity index (χ0n) is 13.1. The van der Waals surface area contributed by atoms with Crippen molar-refractivity contribution in [3.63, 3.8) is 0 Å². The highest BCUT2D eigenvalue weighted by atomic mass is 16.5. The predicted octanol–water partition coefficient (Wildman–Crippen LogP) is 0.980. The van der Waals surface area contributed by atoms with Crippen LogP contribution in [0.25, 0.3) is 11.9 Å². The number of esters is 1. The molecular formula is C14H19N5O3. The summed E-state index contributed by atoms with van der Waals surface area (Å²) in [6, 6.07) is 0. The lowest BCUT2D eigenvalue weighted by molar-refractivity contribution is 0.0525. The first-order valence-electron chi connectivity index (χ1n) is 6.82.